The van der Waals surface area contributed by atoms with E-state index in [1.54, 1.807) is 6.07 Å². The summed E-state index contributed by atoms with van der Waals surface area (Å²) in [5, 5.41) is 0.803. The van der Waals surface area contributed by atoms with Gasteiger partial charge in [-0.1, -0.05) is 11.6 Å². The molecule has 0 bridgehead atoms. The fraction of sp³-hybridized carbons (Fsp3) is 0.125. The molecular formula is C8H4Cl2FNS. The molecule has 0 saturated heterocycles. The summed E-state index contributed by atoms with van der Waals surface area (Å²) in [6.07, 6.45) is 0. The van der Waals surface area contributed by atoms with Crippen LogP contribution in [0.1, 0.15) is 5.01 Å². The molecule has 1 aromatic carbocycles. The van der Waals surface area contributed by atoms with E-state index in [1.807, 2.05) is 0 Å². The van der Waals surface area contributed by atoms with Gasteiger partial charge in [0.25, 0.3) is 0 Å². The topological polar surface area (TPSA) is 12.9 Å². The van der Waals surface area contributed by atoms with E-state index in [-0.39, 0.29) is 5.02 Å². The van der Waals surface area contributed by atoms with Crippen LogP contribution in [0.25, 0.3) is 10.2 Å². The number of nitrogens with zero attached hydrogens (tertiary/aromatic N) is 1. The van der Waals surface area contributed by atoms with Crippen molar-refractivity contribution in [1.82, 2.24) is 4.98 Å². The number of halogens is 3. The Kier molecular flexibility index (Phi) is 2.41. The molecule has 2 aromatic rings. The van der Waals surface area contributed by atoms with Crippen molar-refractivity contribution in [3.05, 3.63) is 28.0 Å². The Morgan fingerprint density at radius 1 is 1.46 bits per heavy atom. The van der Waals surface area contributed by atoms with E-state index < -0.39 is 5.82 Å². The van der Waals surface area contributed by atoms with Crippen LogP contribution in [0.2, 0.25) is 5.02 Å². The van der Waals surface area contributed by atoms with Crippen molar-refractivity contribution >= 4 is 44.8 Å². The molecule has 0 aliphatic rings. The van der Waals surface area contributed by atoms with Crippen molar-refractivity contribution in [2.24, 2.45) is 0 Å². The monoisotopic (exact) mass is 235 g/mol. The first-order chi connectivity index (χ1) is 6.22. The van der Waals surface area contributed by atoms with Gasteiger partial charge < -0.3 is 0 Å². The predicted octanol–water partition coefficient (Wildman–Crippen LogP) is 3.83. The van der Waals surface area contributed by atoms with E-state index >= 15 is 0 Å². The second-order valence-corrected chi connectivity index (χ2v) is 4.24. The molecule has 1 aromatic heterocycles. The molecule has 1 heterocycles. The Hall–Kier alpha value is -0.380. The number of fused-ring (bicyclic) bond motifs is 1. The van der Waals surface area contributed by atoms with Crippen molar-refractivity contribution in [1.29, 1.82) is 0 Å². The van der Waals surface area contributed by atoms with Crippen molar-refractivity contribution in [3.8, 4) is 0 Å². The minimum absolute atomic E-state index is 0.0962. The zero-order valence-electron chi connectivity index (χ0n) is 6.35. The summed E-state index contributed by atoms with van der Waals surface area (Å²) in [5.41, 5.74) is 0.313. The van der Waals surface area contributed by atoms with Crippen molar-refractivity contribution in [2.75, 3.05) is 0 Å². The van der Waals surface area contributed by atoms with Crippen LogP contribution in [0.15, 0.2) is 12.1 Å². The highest BCUT2D eigenvalue weighted by Gasteiger charge is 2.10. The Morgan fingerprint density at radius 3 is 2.92 bits per heavy atom. The largest absolute Gasteiger partial charge is 0.237 e. The van der Waals surface area contributed by atoms with Gasteiger partial charge in [-0.3, -0.25) is 0 Å². The molecule has 0 N–H and O–H groups in total. The van der Waals surface area contributed by atoms with E-state index in [0.717, 1.165) is 4.70 Å². The summed E-state index contributed by atoms with van der Waals surface area (Å²) < 4.78 is 14.1. The quantitative estimate of drug-likeness (QED) is 0.685. The number of hydrogen-bond donors (Lipinski definition) is 0. The molecular weight excluding hydrogens is 232 g/mol. The number of thiazole rings is 1. The Bertz CT molecular complexity index is 455. The molecule has 0 unspecified atom stereocenters. The molecule has 68 valence electrons. The molecule has 2 rings (SSSR count). The maximum atomic E-state index is 13.3. The van der Waals surface area contributed by atoms with Crippen molar-refractivity contribution < 1.29 is 4.39 Å². The first-order valence-corrected chi connectivity index (χ1v) is 5.24. The molecule has 0 aliphatic carbocycles. The third-order valence-electron chi connectivity index (χ3n) is 1.61. The third kappa shape index (κ3) is 1.52. The van der Waals surface area contributed by atoms with Crippen LogP contribution in [-0.4, -0.2) is 4.98 Å². The zero-order chi connectivity index (χ0) is 9.42. The van der Waals surface area contributed by atoms with Crippen molar-refractivity contribution in [2.45, 2.75) is 5.88 Å². The van der Waals surface area contributed by atoms with Crippen LogP contribution in [0.5, 0.6) is 0 Å². The highest BCUT2D eigenvalue weighted by molar-refractivity contribution is 7.18. The van der Waals surface area contributed by atoms with Crippen LogP contribution >= 0.6 is 34.5 Å². The lowest BCUT2D eigenvalue weighted by atomic mass is 10.3. The van der Waals surface area contributed by atoms with Crippen LogP contribution in [-0.2, 0) is 5.88 Å². The van der Waals surface area contributed by atoms with Crippen LogP contribution in [0, 0.1) is 5.82 Å². The van der Waals surface area contributed by atoms with Crippen LogP contribution < -0.4 is 0 Å². The lowest BCUT2D eigenvalue weighted by Crippen LogP contribution is -1.80. The molecule has 0 saturated carbocycles. The van der Waals surface area contributed by atoms with Crippen LogP contribution in [0.4, 0.5) is 4.39 Å². The van der Waals surface area contributed by atoms with Crippen LogP contribution in [0.3, 0.4) is 0 Å². The number of aromatic nitrogens is 1. The minimum Gasteiger partial charge on any atom is -0.237 e. The summed E-state index contributed by atoms with van der Waals surface area (Å²) in [5.74, 6) is -0.164. The Labute approximate surface area is 88.1 Å². The molecule has 13 heavy (non-hydrogen) atoms. The lowest BCUT2D eigenvalue weighted by molar-refractivity contribution is 0.637. The highest BCUT2D eigenvalue weighted by Crippen LogP contribution is 2.28. The van der Waals surface area contributed by atoms with Gasteiger partial charge in [-0.2, -0.15) is 0 Å². The SMILES string of the molecule is Fc1c(Cl)ccc2sc(CCl)nc12. The van der Waals surface area contributed by atoms with Gasteiger partial charge in [0.2, 0.25) is 0 Å². The molecule has 0 radical (unpaired) electrons. The second kappa shape index (κ2) is 3.40. The second-order valence-electron chi connectivity index (χ2n) is 2.45. The van der Waals surface area contributed by atoms with Gasteiger partial charge in [-0.05, 0) is 12.1 Å². The Morgan fingerprint density at radius 2 is 2.23 bits per heavy atom. The number of rotatable bonds is 1. The van der Waals surface area contributed by atoms with E-state index in [0.29, 0.717) is 16.4 Å². The smallest absolute Gasteiger partial charge is 0.168 e. The maximum Gasteiger partial charge on any atom is 0.168 e. The minimum atomic E-state index is -0.466. The summed E-state index contributed by atoms with van der Waals surface area (Å²) in [7, 11) is 0. The summed E-state index contributed by atoms with van der Waals surface area (Å²) in [6.45, 7) is 0. The summed E-state index contributed by atoms with van der Waals surface area (Å²) >= 11 is 12.6. The normalized spacial score (nSPS) is 11.0. The molecule has 0 amide bonds. The summed E-state index contributed by atoms with van der Waals surface area (Å²) in [4.78, 5) is 4.02. The molecule has 0 fully saturated rings. The molecule has 0 aliphatic heterocycles. The number of hydrogen-bond acceptors (Lipinski definition) is 2. The fourth-order valence-corrected chi connectivity index (χ4v) is 2.23. The zero-order valence-corrected chi connectivity index (χ0v) is 8.68. The lowest BCUT2D eigenvalue weighted by Gasteiger charge is -1.92. The van der Waals surface area contributed by atoms with Gasteiger partial charge in [0.15, 0.2) is 5.82 Å². The van der Waals surface area contributed by atoms with E-state index in [4.69, 9.17) is 23.2 Å². The van der Waals surface area contributed by atoms with Gasteiger partial charge in [-0.25, -0.2) is 9.37 Å². The van der Waals surface area contributed by atoms with Gasteiger partial charge >= 0.3 is 0 Å². The predicted molar refractivity (Wildman–Crippen MR) is 54.1 cm³/mol. The van der Waals surface area contributed by atoms with Crippen molar-refractivity contribution in [3.63, 3.8) is 0 Å². The number of alkyl halides is 1. The third-order valence-corrected chi connectivity index (χ3v) is 3.33. The summed E-state index contributed by atoms with van der Waals surface area (Å²) in [6, 6.07) is 3.27. The Balaban J connectivity index is 2.76. The first-order valence-electron chi connectivity index (χ1n) is 3.51. The fourth-order valence-electron chi connectivity index (χ4n) is 1.04. The van der Waals surface area contributed by atoms with Gasteiger partial charge in [0.1, 0.15) is 10.5 Å². The molecule has 1 nitrogen and oxygen atoms in total. The van der Waals surface area contributed by atoms with Gasteiger partial charge in [0.05, 0.1) is 15.6 Å². The van der Waals surface area contributed by atoms with E-state index in [9.17, 15) is 4.39 Å². The highest BCUT2D eigenvalue weighted by atomic mass is 35.5. The van der Waals surface area contributed by atoms with Gasteiger partial charge in [0, 0.05) is 0 Å². The molecule has 5 heteroatoms. The first kappa shape index (κ1) is 9.19. The molecule has 0 spiro atoms. The van der Waals surface area contributed by atoms with Gasteiger partial charge in [-0.15, -0.1) is 22.9 Å². The average molecular weight is 236 g/mol. The van der Waals surface area contributed by atoms with E-state index in [1.165, 1.54) is 17.4 Å². The standard InChI is InChI=1S/C8H4Cl2FNS/c9-3-6-12-8-5(13-6)2-1-4(10)7(8)11/h1-2H,3H2. The average Bonchev–Trinajstić information content (AvgIpc) is 2.55. The number of benzene rings is 1. The maximum absolute atomic E-state index is 13.3. The van der Waals surface area contributed by atoms with E-state index in [2.05, 4.69) is 4.98 Å². The molecule has 0 atom stereocenters.